The summed E-state index contributed by atoms with van der Waals surface area (Å²) in [6.07, 6.45) is 5.17. The number of hydrogen-bond acceptors (Lipinski definition) is 5. The van der Waals surface area contributed by atoms with Gasteiger partial charge in [0, 0.05) is 49.6 Å². The van der Waals surface area contributed by atoms with Crippen LogP contribution in [0.15, 0.2) is 17.9 Å². The number of aromatic nitrogens is 3. The topological polar surface area (TPSA) is 71.3 Å². The minimum atomic E-state index is -0.589. The largest absolute Gasteiger partial charge is 0.341 e. The Labute approximate surface area is 188 Å². The van der Waals surface area contributed by atoms with Crippen molar-refractivity contribution in [2.45, 2.75) is 66.0 Å². The van der Waals surface area contributed by atoms with Gasteiger partial charge in [-0.2, -0.15) is 0 Å². The lowest BCUT2D eigenvalue weighted by Crippen LogP contribution is -2.40. The number of nitrogens with zero attached hydrogens (tertiary/aromatic N) is 5. The minimum absolute atomic E-state index is 0.0710. The van der Waals surface area contributed by atoms with Gasteiger partial charge in [0.2, 0.25) is 11.8 Å². The van der Waals surface area contributed by atoms with E-state index in [0.717, 1.165) is 22.8 Å². The molecule has 2 atom stereocenters. The highest BCUT2D eigenvalue weighted by Gasteiger charge is 2.58. The van der Waals surface area contributed by atoms with Gasteiger partial charge in [-0.15, -0.1) is 11.3 Å². The smallest absolute Gasteiger partial charge is 0.231 e. The molecule has 0 radical (unpaired) electrons. The molecule has 4 heterocycles. The Morgan fingerprint density at radius 3 is 2.71 bits per heavy atom. The molecule has 31 heavy (non-hydrogen) atoms. The van der Waals surface area contributed by atoms with E-state index in [-0.39, 0.29) is 17.7 Å². The Kier molecular flexibility index (Phi) is 5.94. The van der Waals surface area contributed by atoms with Crippen LogP contribution < -0.4 is 0 Å². The van der Waals surface area contributed by atoms with Crippen molar-refractivity contribution in [1.29, 1.82) is 0 Å². The van der Waals surface area contributed by atoms with E-state index in [1.54, 1.807) is 11.3 Å². The highest BCUT2D eigenvalue weighted by molar-refractivity contribution is 7.09. The number of rotatable bonds is 6. The second kappa shape index (κ2) is 8.37. The first kappa shape index (κ1) is 22.0. The van der Waals surface area contributed by atoms with Crippen LogP contribution in [0.2, 0.25) is 0 Å². The molecule has 2 aromatic heterocycles. The quantitative estimate of drug-likeness (QED) is 0.684. The van der Waals surface area contributed by atoms with Crippen LogP contribution >= 0.6 is 11.3 Å². The van der Waals surface area contributed by atoms with E-state index in [4.69, 9.17) is 0 Å². The molecule has 2 aromatic rings. The highest BCUT2D eigenvalue weighted by Crippen LogP contribution is 2.50. The molecule has 4 rings (SSSR count). The minimum Gasteiger partial charge on any atom is -0.341 e. The van der Waals surface area contributed by atoms with Gasteiger partial charge in [-0.3, -0.25) is 9.59 Å². The van der Waals surface area contributed by atoms with Crippen LogP contribution in [0.5, 0.6) is 0 Å². The molecule has 2 aliphatic rings. The fourth-order valence-electron chi connectivity index (χ4n) is 4.93. The number of aryl methyl sites for hydroxylation is 1. The first-order valence-electron chi connectivity index (χ1n) is 11.2. The van der Waals surface area contributed by atoms with E-state index in [0.29, 0.717) is 44.6 Å². The van der Waals surface area contributed by atoms with E-state index in [9.17, 15) is 9.59 Å². The number of imidazole rings is 1. The van der Waals surface area contributed by atoms with Crippen molar-refractivity contribution < 1.29 is 9.59 Å². The molecule has 0 unspecified atom stereocenters. The Hall–Kier alpha value is -2.22. The van der Waals surface area contributed by atoms with Crippen LogP contribution in [-0.4, -0.2) is 55.8 Å². The van der Waals surface area contributed by atoms with Gasteiger partial charge in [0.25, 0.3) is 0 Å². The first-order valence-corrected chi connectivity index (χ1v) is 12.1. The van der Waals surface area contributed by atoms with Crippen LogP contribution in [0.3, 0.4) is 0 Å². The van der Waals surface area contributed by atoms with Crippen LogP contribution in [0.25, 0.3) is 0 Å². The summed E-state index contributed by atoms with van der Waals surface area (Å²) >= 11 is 1.61. The van der Waals surface area contributed by atoms with Crippen LogP contribution in [0.4, 0.5) is 0 Å². The Bertz CT molecular complexity index is 965. The average molecular weight is 444 g/mol. The fourth-order valence-corrected chi connectivity index (χ4v) is 5.53. The third-order valence-corrected chi connectivity index (χ3v) is 7.44. The molecule has 0 aromatic carbocycles. The van der Waals surface area contributed by atoms with E-state index >= 15 is 0 Å². The number of likely N-dealkylation sites (tertiary alicyclic amines) is 2. The van der Waals surface area contributed by atoms with Gasteiger partial charge in [-0.05, 0) is 33.1 Å². The molecule has 0 aliphatic carbocycles. The van der Waals surface area contributed by atoms with Crippen molar-refractivity contribution >= 4 is 23.2 Å². The zero-order valence-corrected chi connectivity index (χ0v) is 20.0. The van der Waals surface area contributed by atoms with E-state index in [1.165, 1.54) is 0 Å². The summed E-state index contributed by atoms with van der Waals surface area (Å²) < 4.78 is 2.08. The summed E-state index contributed by atoms with van der Waals surface area (Å²) in [5.41, 5.74) is 1.28. The standard InChI is InChI=1S/C23H33N5O2S/c1-15(2)8-21(29)27-10-19(20-11-28(14-24-20)16(3)4)23(13-27)6-7-26(22(23)30)9-18-12-31-17(5)25-18/h11-12,14-16,19H,6-10,13H2,1-5H3/t19-,23-/m0/s1. The maximum absolute atomic E-state index is 13.8. The molecular weight excluding hydrogens is 410 g/mol. The molecular formula is C23H33N5O2S. The van der Waals surface area contributed by atoms with Crippen molar-refractivity contribution in [3.8, 4) is 0 Å². The molecule has 2 amide bonds. The van der Waals surface area contributed by atoms with Gasteiger partial charge in [0.1, 0.15) is 0 Å². The molecule has 0 N–H and O–H groups in total. The zero-order chi connectivity index (χ0) is 22.3. The van der Waals surface area contributed by atoms with Crippen molar-refractivity contribution in [2.24, 2.45) is 11.3 Å². The van der Waals surface area contributed by atoms with E-state index in [1.807, 2.05) is 28.4 Å². The summed E-state index contributed by atoms with van der Waals surface area (Å²) in [5.74, 6) is 0.508. The molecule has 0 saturated carbocycles. The van der Waals surface area contributed by atoms with Crippen molar-refractivity contribution in [3.63, 3.8) is 0 Å². The Morgan fingerprint density at radius 2 is 2.10 bits per heavy atom. The second-order valence-corrected chi connectivity index (χ2v) is 10.8. The summed E-state index contributed by atoms with van der Waals surface area (Å²) in [6.45, 7) is 12.6. The van der Waals surface area contributed by atoms with Crippen LogP contribution in [0.1, 0.15) is 68.9 Å². The number of carbonyl (C=O) groups is 2. The normalized spacial score (nSPS) is 23.8. The average Bonchev–Trinajstić information content (AvgIpc) is 3.46. The number of amides is 2. The van der Waals surface area contributed by atoms with Gasteiger partial charge < -0.3 is 14.4 Å². The lowest BCUT2D eigenvalue weighted by molar-refractivity contribution is -0.137. The summed E-state index contributed by atoms with van der Waals surface area (Å²) in [5, 5.41) is 3.04. The number of hydrogen-bond donors (Lipinski definition) is 0. The van der Waals surface area contributed by atoms with Gasteiger partial charge >= 0.3 is 0 Å². The molecule has 2 aliphatic heterocycles. The number of thiazole rings is 1. The molecule has 2 saturated heterocycles. The lowest BCUT2D eigenvalue weighted by Gasteiger charge is -2.27. The molecule has 1 spiro atoms. The predicted molar refractivity (Wildman–Crippen MR) is 121 cm³/mol. The lowest BCUT2D eigenvalue weighted by atomic mass is 9.75. The molecule has 168 valence electrons. The number of carbonyl (C=O) groups excluding carboxylic acids is 2. The maximum atomic E-state index is 13.8. The first-order chi connectivity index (χ1) is 14.7. The third-order valence-electron chi connectivity index (χ3n) is 6.61. The monoisotopic (exact) mass is 443 g/mol. The van der Waals surface area contributed by atoms with Gasteiger partial charge in [0.05, 0.1) is 34.7 Å². The summed E-state index contributed by atoms with van der Waals surface area (Å²) in [6, 6.07) is 0.306. The summed E-state index contributed by atoms with van der Waals surface area (Å²) in [4.78, 5) is 39.8. The second-order valence-electron chi connectivity index (χ2n) is 9.76. The van der Waals surface area contributed by atoms with Gasteiger partial charge in [-0.25, -0.2) is 9.97 Å². The molecule has 0 bridgehead atoms. The zero-order valence-electron chi connectivity index (χ0n) is 19.2. The van der Waals surface area contributed by atoms with Crippen LogP contribution in [0, 0.1) is 18.3 Å². The third kappa shape index (κ3) is 4.14. The molecule has 7 nitrogen and oxygen atoms in total. The van der Waals surface area contributed by atoms with E-state index < -0.39 is 5.41 Å². The fraction of sp³-hybridized carbons (Fsp3) is 0.652. The van der Waals surface area contributed by atoms with Crippen molar-refractivity contribution in [1.82, 2.24) is 24.3 Å². The van der Waals surface area contributed by atoms with Crippen molar-refractivity contribution in [3.05, 3.63) is 34.3 Å². The Balaban J connectivity index is 1.62. The van der Waals surface area contributed by atoms with Crippen molar-refractivity contribution in [2.75, 3.05) is 19.6 Å². The predicted octanol–water partition coefficient (Wildman–Crippen LogP) is 3.62. The van der Waals surface area contributed by atoms with Gasteiger partial charge in [0.15, 0.2) is 0 Å². The van der Waals surface area contributed by atoms with Gasteiger partial charge in [-0.1, -0.05) is 13.8 Å². The highest BCUT2D eigenvalue weighted by atomic mass is 32.1. The van der Waals surface area contributed by atoms with E-state index in [2.05, 4.69) is 48.4 Å². The van der Waals surface area contributed by atoms with Crippen LogP contribution in [-0.2, 0) is 16.1 Å². The SMILES string of the molecule is Cc1nc(CN2CC[C@@]3(CN(C(=O)CC(C)C)C[C@H]3c3cn(C(C)C)cn3)C2=O)cs1. The molecule has 8 heteroatoms. The molecule has 2 fully saturated rings. The Morgan fingerprint density at radius 1 is 1.32 bits per heavy atom. The summed E-state index contributed by atoms with van der Waals surface area (Å²) in [7, 11) is 0. The maximum Gasteiger partial charge on any atom is 0.231 e.